The summed E-state index contributed by atoms with van der Waals surface area (Å²) in [6.07, 6.45) is 7.45. The number of amides is 1. The van der Waals surface area contributed by atoms with Crippen LogP contribution in [0, 0.1) is 0 Å². The molecule has 0 bridgehead atoms. The molecule has 0 spiro atoms. The monoisotopic (exact) mass is 165 g/mol. The molecular weight excluding hydrogens is 154 g/mol. The van der Waals surface area contributed by atoms with Crippen LogP contribution in [0.25, 0.3) is 0 Å². The molecule has 0 aliphatic heterocycles. The molecule has 0 heterocycles. The number of rotatable bonds is 1. The highest BCUT2D eigenvalue weighted by atomic mass is 16.2. The Labute approximate surface area is 70.6 Å². The molecule has 5 N–H and O–H groups in total. The molecule has 1 aliphatic rings. The van der Waals surface area contributed by atoms with Gasteiger partial charge in [-0.1, -0.05) is 12.2 Å². The first-order valence-corrected chi connectivity index (χ1v) is 3.58. The average Bonchev–Trinajstić information content (AvgIpc) is 2.17. The second-order valence-electron chi connectivity index (χ2n) is 2.41. The van der Waals surface area contributed by atoms with Gasteiger partial charge in [0.15, 0.2) is 0 Å². The third-order valence-electron chi connectivity index (χ3n) is 1.64. The first-order chi connectivity index (χ1) is 5.77. The van der Waals surface area contributed by atoms with Crippen LogP contribution in [-0.4, -0.2) is 5.91 Å². The van der Waals surface area contributed by atoms with E-state index in [1.54, 1.807) is 18.2 Å². The predicted molar refractivity (Wildman–Crippen MR) is 46.4 cm³/mol. The molecule has 64 valence electrons. The Hall–Kier alpha value is -1.55. The lowest BCUT2D eigenvalue weighted by molar-refractivity contribution is -0.117. The minimum Gasteiger partial charge on any atom is -0.404 e. The summed E-state index contributed by atoms with van der Waals surface area (Å²) in [5.41, 5.74) is 8.91. The highest BCUT2D eigenvalue weighted by Gasteiger charge is 2.07. The van der Waals surface area contributed by atoms with E-state index in [0.29, 0.717) is 12.0 Å². The maximum Gasteiger partial charge on any atom is 0.264 e. The summed E-state index contributed by atoms with van der Waals surface area (Å²) in [6, 6.07) is 0. The summed E-state index contributed by atoms with van der Waals surface area (Å²) in [6.45, 7) is 0. The zero-order valence-electron chi connectivity index (χ0n) is 6.58. The van der Waals surface area contributed by atoms with Gasteiger partial charge in [0, 0.05) is 5.57 Å². The quantitative estimate of drug-likeness (QED) is 0.283. The van der Waals surface area contributed by atoms with Crippen LogP contribution in [0.1, 0.15) is 6.42 Å². The van der Waals surface area contributed by atoms with E-state index in [-0.39, 0.29) is 5.91 Å². The van der Waals surface area contributed by atoms with Crippen molar-refractivity contribution in [3.63, 3.8) is 0 Å². The first-order valence-electron chi connectivity index (χ1n) is 3.58. The third-order valence-corrected chi connectivity index (χ3v) is 1.64. The Morgan fingerprint density at radius 3 is 2.75 bits per heavy atom. The first kappa shape index (κ1) is 8.55. The number of hydrogen-bond donors (Lipinski definition) is 3. The molecule has 1 amide bonds. The van der Waals surface area contributed by atoms with Crippen molar-refractivity contribution < 1.29 is 4.79 Å². The minimum absolute atomic E-state index is 0.276. The summed E-state index contributed by atoms with van der Waals surface area (Å²) < 4.78 is 0. The summed E-state index contributed by atoms with van der Waals surface area (Å²) in [5.74, 6) is 4.68. The van der Waals surface area contributed by atoms with E-state index in [2.05, 4.69) is 5.43 Å². The number of carbonyl (C=O) groups is 1. The van der Waals surface area contributed by atoms with E-state index in [1.165, 1.54) is 6.20 Å². The standard InChI is InChI=1S/C8H11N3O/c9-5-6-1-3-7(4-2-6)8(12)11-10/h1,3-5H,2,9-10H2,(H,11,12). The fourth-order valence-electron chi connectivity index (χ4n) is 0.936. The van der Waals surface area contributed by atoms with Crippen molar-refractivity contribution in [2.75, 3.05) is 0 Å². The number of carbonyl (C=O) groups excluding carboxylic acids is 1. The molecule has 0 atom stereocenters. The smallest absolute Gasteiger partial charge is 0.264 e. The summed E-state index contributed by atoms with van der Waals surface area (Å²) in [4.78, 5) is 11.0. The lowest BCUT2D eigenvalue weighted by atomic mass is 10.0. The van der Waals surface area contributed by atoms with E-state index < -0.39 is 0 Å². The second kappa shape index (κ2) is 3.73. The van der Waals surface area contributed by atoms with Gasteiger partial charge in [0.25, 0.3) is 5.91 Å². The van der Waals surface area contributed by atoms with E-state index in [1.807, 2.05) is 0 Å². The van der Waals surface area contributed by atoms with Crippen LogP contribution in [0.15, 0.2) is 35.6 Å². The molecular formula is C8H11N3O. The van der Waals surface area contributed by atoms with E-state index in [9.17, 15) is 4.79 Å². The van der Waals surface area contributed by atoms with Gasteiger partial charge in [-0.15, -0.1) is 0 Å². The van der Waals surface area contributed by atoms with Crippen molar-refractivity contribution in [1.82, 2.24) is 5.43 Å². The molecule has 0 aromatic rings. The fourth-order valence-corrected chi connectivity index (χ4v) is 0.936. The molecule has 0 fully saturated rings. The van der Waals surface area contributed by atoms with Crippen LogP contribution in [0.5, 0.6) is 0 Å². The van der Waals surface area contributed by atoms with Crippen LogP contribution < -0.4 is 17.0 Å². The SMILES string of the molecule is NC=C1C=CC(C(=O)NN)=CC1. The Morgan fingerprint density at radius 2 is 2.33 bits per heavy atom. The minimum atomic E-state index is -0.276. The molecule has 0 radical (unpaired) electrons. The van der Waals surface area contributed by atoms with Gasteiger partial charge in [-0.25, -0.2) is 5.84 Å². The van der Waals surface area contributed by atoms with Gasteiger partial charge < -0.3 is 5.73 Å². The fraction of sp³-hybridized carbons (Fsp3) is 0.125. The lowest BCUT2D eigenvalue weighted by Gasteiger charge is -2.06. The van der Waals surface area contributed by atoms with Gasteiger partial charge in [-0.3, -0.25) is 10.2 Å². The predicted octanol–water partition coefficient (Wildman–Crippen LogP) is -0.295. The molecule has 0 saturated carbocycles. The number of allylic oxidation sites excluding steroid dienone is 3. The lowest BCUT2D eigenvalue weighted by Crippen LogP contribution is -2.31. The van der Waals surface area contributed by atoms with Crippen molar-refractivity contribution in [3.05, 3.63) is 35.6 Å². The maximum absolute atomic E-state index is 11.0. The summed E-state index contributed by atoms with van der Waals surface area (Å²) in [5, 5.41) is 0. The van der Waals surface area contributed by atoms with E-state index >= 15 is 0 Å². The van der Waals surface area contributed by atoms with Crippen LogP contribution >= 0.6 is 0 Å². The maximum atomic E-state index is 11.0. The number of nitrogens with one attached hydrogen (secondary N) is 1. The second-order valence-corrected chi connectivity index (χ2v) is 2.41. The highest BCUT2D eigenvalue weighted by Crippen LogP contribution is 2.13. The molecule has 1 aliphatic carbocycles. The summed E-state index contributed by atoms with van der Waals surface area (Å²) in [7, 11) is 0. The summed E-state index contributed by atoms with van der Waals surface area (Å²) >= 11 is 0. The Kier molecular flexibility index (Phi) is 2.66. The molecule has 0 saturated heterocycles. The van der Waals surface area contributed by atoms with Crippen molar-refractivity contribution in [2.24, 2.45) is 11.6 Å². The van der Waals surface area contributed by atoms with Crippen LogP contribution in [0.3, 0.4) is 0 Å². The topological polar surface area (TPSA) is 81.1 Å². The molecule has 12 heavy (non-hydrogen) atoms. The van der Waals surface area contributed by atoms with Crippen molar-refractivity contribution >= 4 is 5.91 Å². The van der Waals surface area contributed by atoms with Gasteiger partial charge in [-0.2, -0.15) is 0 Å². The van der Waals surface area contributed by atoms with Crippen molar-refractivity contribution in [2.45, 2.75) is 6.42 Å². The largest absolute Gasteiger partial charge is 0.404 e. The van der Waals surface area contributed by atoms with Crippen LogP contribution in [0.4, 0.5) is 0 Å². The molecule has 1 rings (SSSR count). The third kappa shape index (κ3) is 1.73. The van der Waals surface area contributed by atoms with Gasteiger partial charge in [0.05, 0.1) is 0 Å². The molecule has 0 aromatic carbocycles. The molecule has 4 nitrogen and oxygen atoms in total. The van der Waals surface area contributed by atoms with Crippen molar-refractivity contribution in [1.29, 1.82) is 0 Å². The zero-order valence-corrected chi connectivity index (χ0v) is 6.58. The van der Waals surface area contributed by atoms with E-state index in [4.69, 9.17) is 11.6 Å². The average molecular weight is 165 g/mol. The Morgan fingerprint density at radius 1 is 1.58 bits per heavy atom. The Balaban J connectivity index is 2.70. The number of nitrogens with two attached hydrogens (primary N) is 2. The Bertz CT molecular complexity index is 276. The van der Waals surface area contributed by atoms with Gasteiger partial charge in [-0.05, 0) is 24.3 Å². The van der Waals surface area contributed by atoms with Gasteiger partial charge in [0.1, 0.15) is 0 Å². The molecule has 0 aromatic heterocycles. The van der Waals surface area contributed by atoms with Gasteiger partial charge in [0.2, 0.25) is 0 Å². The zero-order chi connectivity index (χ0) is 8.97. The molecule has 4 heteroatoms. The number of hydrogen-bond acceptors (Lipinski definition) is 3. The highest BCUT2D eigenvalue weighted by molar-refractivity contribution is 5.96. The van der Waals surface area contributed by atoms with Crippen molar-refractivity contribution in [3.8, 4) is 0 Å². The number of hydrazine groups is 1. The van der Waals surface area contributed by atoms with Crippen LogP contribution in [0.2, 0.25) is 0 Å². The normalized spacial score (nSPS) is 19.1. The van der Waals surface area contributed by atoms with Gasteiger partial charge >= 0.3 is 0 Å². The molecule has 0 unspecified atom stereocenters. The van der Waals surface area contributed by atoms with E-state index in [0.717, 1.165) is 5.57 Å². The van der Waals surface area contributed by atoms with Crippen LogP contribution in [-0.2, 0) is 4.79 Å².